The maximum Gasteiger partial charge on any atom is 0.291 e. The highest BCUT2D eigenvalue weighted by Gasteiger charge is 2.51. The number of Topliss-reactive ketones (excluding diaryl/α,β-unsaturated/α-hetero) is 2. The van der Waals surface area contributed by atoms with Gasteiger partial charge in [0.15, 0.2) is 5.78 Å². The molecule has 1 fully saturated rings. The summed E-state index contributed by atoms with van der Waals surface area (Å²) < 4.78 is 10.3. The van der Waals surface area contributed by atoms with Gasteiger partial charge in [0.2, 0.25) is 5.78 Å². The van der Waals surface area contributed by atoms with E-state index in [9.17, 15) is 14.4 Å². The van der Waals surface area contributed by atoms with Crippen molar-refractivity contribution in [3.8, 4) is 5.75 Å². The largest absolute Gasteiger partial charge is 0.497 e. The molecule has 0 bridgehead atoms. The van der Waals surface area contributed by atoms with E-state index in [2.05, 4.69) is 4.98 Å². The van der Waals surface area contributed by atoms with Crippen molar-refractivity contribution in [3.05, 3.63) is 59.4 Å². The van der Waals surface area contributed by atoms with Gasteiger partial charge in [0.1, 0.15) is 11.7 Å². The van der Waals surface area contributed by atoms with Gasteiger partial charge in [0.05, 0.1) is 13.2 Å². The number of ketones is 2. The van der Waals surface area contributed by atoms with Gasteiger partial charge >= 0.3 is 0 Å². The fourth-order valence-corrected chi connectivity index (χ4v) is 3.74. The van der Waals surface area contributed by atoms with E-state index in [1.54, 1.807) is 63.9 Å². The van der Waals surface area contributed by atoms with Crippen LogP contribution in [-0.4, -0.2) is 54.7 Å². The van der Waals surface area contributed by atoms with Gasteiger partial charge in [-0.05, 0) is 48.7 Å². The highest BCUT2D eigenvalue weighted by atomic mass is 16.5. The van der Waals surface area contributed by atoms with Crippen LogP contribution < -0.4 is 4.74 Å². The van der Waals surface area contributed by atoms with E-state index in [0.717, 1.165) is 0 Å². The maximum absolute atomic E-state index is 13.4. The predicted molar refractivity (Wildman–Crippen MR) is 106 cm³/mol. The topological polar surface area (TPSA) is 85.8 Å². The quantitative estimate of drug-likeness (QED) is 0.295. The van der Waals surface area contributed by atoms with Crippen LogP contribution >= 0.6 is 0 Å². The molecular formula is C22H24N2O5. The molecule has 3 rings (SSSR count). The second-order valence-corrected chi connectivity index (χ2v) is 6.96. The average Bonchev–Trinajstić information content (AvgIpc) is 2.99. The molecular weight excluding hydrogens is 372 g/mol. The first kappa shape index (κ1) is 20.7. The van der Waals surface area contributed by atoms with Crippen molar-refractivity contribution in [2.45, 2.75) is 19.4 Å². The molecule has 1 aromatic heterocycles. The minimum Gasteiger partial charge on any atom is -0.497 e. The Labute approximate surface area is 169 Å². The van der Waals surface area contributed by atoms with Crippen LogP contribution in [0.3, 0.4) is 0 Å². The summed E-state index contributed by atoms with van der Waals surface area (Å²) in [7, 11) is 3.13. The minimum atomic E-state index is -1.11. The van der Waals surface area contributed by atoms with E-state index in [1.165, 1.54) is 4.90 Å². The van der Waals surface area contributed by atoms with Crippen LogP contribution in [-0.2, 0) is 14.3 Å². The van der Waals surface area contributed by atoms with Gasteiger partial charge < -0.3 is 14.4 Å². The van der Waals surface area contributed by atoms with Gasteiger partial charge in [0, 0.05) is 38.2 Å². The molecule has 0 N–H and O–H groups in total. The average molecular weight is 396 g/mol. The number of hydrogen-bond acceptors (Lipinski definition) is 6. The number of nitrogens with zero attached hydrogens (tertiary/aromatic N) is 2. The fraction of sp³-hybridized carbons (Fsp3) is 0.364. The second kappa shape index (κ2) is 8.96. The highest BCUT2D eigenvalue weighted by molar-refractivity contribution is 6.44. The molecule has 0 aliphatic carbocycles. The Kier molecular flexibility index (Phi) is 6.39. The molecule has 1 aromatic carbocycles. The van der Waals surface area contributed by atoms with E-state index < -0.39 is 23.7 Å². The smallest absolute Gasteiger partial charge is 0.291 e. The zero-order valence-corrected chi connectivity index (χ0v) is 16.8. The first-order valence-electron chi connectivity index (χ1n) is 9.42. The lowest BCUT2D eigenvalue weighted by Gasteiger charge is -2.27. The zero-order valence-electron chi connectivity index (χ0n) is 16.8. The third-order valence-corrected chi connectivity index (χ3v) is 5.16. The van der Waals surface area contributed by atoms with E-state index in [4.69, 9.17) is 9.47 Å². The van der Waals surface area contributed by atoms with E-state index in [1.807, 2.05) is 0 Å². The summed E-state index contributed by atoms with van der Waals surface area (Å²) in [4.78, 5) is 44.6. The molecule has 2 heterocycles. The van der Waals surface area contributed by atoms with E-state index in [0.29, 0.717) is 42.0 Å². The number of aromatic nitrogens is 1. The molecule has 7 nitrogen and oxygen atoms in total. The third-order valence-electron chi connectivity index (χ3n) is 5.16. The highest BCUT2D eigenvalue weighted by Crippen LogP contribution is 2.38. The molecule has 2 aromatic rings. The summed E-state index contributed by atoms with van der Waals surface area (Å²) in [6.45, 7) is 2.56. The van der Waals surface area contributed by atoms with Gasteiger partial charge in [0.25, 0.3) is 5.91 Å². The first-order valence-corrected chi connectivity index (χ1v) is 9.42. The van der Waals surface area contributed by atoms with Gasteiger partial charge in [-0.25, -0.2) is 0 Å². The Morgan fingerprint density at radius 2 is 2.00 bits per heavy atom. The normalized spacial score (nSPS) is 18.9. The van der Waals surface area contributed by atoms with Crippen LogP contribution in [0.1, 0.15) is 33.9 Å². The van der Waals surface area contributed by atoms with Crippen molar-refractivity contribution in [1.29, 1.82) is 0 Å². The van der Waals surface area contributed by atoms with Crippen molar-refractivity contribution in [1.82, 2.24) is 9.88 Å². The van der Waals surface area contributed by atoms with E-state index in [-0.39, 0.29) is 5.78 Å². The Hall–Kier alpha value is -3.06. The number of amides is 1. The SMILES string of the molecule is COCCCN1C(=O)C(=O)C(C(=O)c2ccc(OC)cc2C)C1c1cccnc1. The summed E-state index contributed by atoms with van der Waals surface area (Å²) in [6.07, 6.45) is 3.78. The van der Waals surface area contributed by atoms with Crippen molar-refractivity contribution in [2.24, 2.45) is 5.92 Å². The lowest BCUT2D eigenvalue weighted by Crippen LogP contribution is -2.32. The molecule has 1 amide bonds. The van der Waals surface area contributed by atoms with Crippen molar-refractivity contribution < 1.29 is 23.9 Å². The van der Waals surface area contributed by atoms with E-state index >= 15 is 0 Å². The van der Waals surface area contributed by atoms with Gasteiger partial charge in [-0.1, -0.05) is 6.07 Å². The monoisotopic (exact) mass is 396 g/mol. The number of carbonyl (C=O) groups excluding carboxylic acids is 3. The number of hydrogen-bond donors (Lipinski definition) is 0. The number of aryl methyl sites for hydroxylation is 1. The molecule has 0 spiro atoms. The second-order valence-electron chi connectivity index (χ2n) is 6.96. The maximum atomic E-state index is 13.4. The molecule has 2 unspecified atom stereocenters. The van der Waals surface area contributed by atoms with Gasteiger partial charge in [-0.15, -0.1) is 0 Å². The molecule has 7 heteroatoms. The van der Waals surface area contributed by atoms with Crippen LogP contribution in [0.15, 0.2) is 42.7 Å². The Morgan fingerprint density at radius 3 is 2.62 bits per heavy atom. The van der Waals surface area contributed by atoms with Crippen LogP contribution in [0.25, 0.3) is 0 Å². The molecule has 29 heavy (non-hydrogen) atoms. The molecule has 152 valence electrons. The molecule has 1 saturated heterocycles. The first-order chi connectivity index (χ1) is 14.0. The minimum absolute atomic E-state index is 0.323. The van der Waals surface area contributed by atoms with Crippen LogP contribution in [0.4, 0.5) is 0 Å². The Morgan fingerprint density at radius 1 is 1.21 bits per heavy atom. The summed E-state index contributed by atoms with van der Waals surface area (Å²) in [5.41, 5.74) is 1.76. The third kappa shape index (κ3) is 4.05. The Balaban J connectivity index is 2.01. The number of benzene rings is 1. The summed E-state index contributed by atoms with van der Waals surface area (Å²) in [5, 5.41) is 0. The summed E-state index contributed by atoms with van der Waals surface area (Å²) in [6, 6.07) is 7.89. The molecule has 0 saturated carbocycles. The number of rotatable bonds is 8. The fourth-order valence-electron chi connectivity index (χ4n) is 3.74. The number of methoxy groups -OCH3 is 2. The van der Waals surface area contributed by atoms with Crippen LogP contribution in [0, 0.1) is 12.8 Å². The van der Waals surface area contributed by atoms with Crippen LogP contribution in [0.2, 0.25) is 0 Å². The lowest BCUT2D eigenvalue weighted by molar-refractivity contribution is -0.140. The number of ether oxygens (including phenoxy) is 2. The summed E-state index contributed by atoms with van der Waals surface area (Å²) >= 11 is 0. The van der Waals surface area contributed by atoms with Crippen molar-refractivity contribution in [2.75, 3.05) is 27.4 Å². The van der Waals surface area contributed by atoms with Gasteiger partial charge in [-0.2, -0.15) is 0 Å². The van der Waals surface area contributed by atoms with Crippen molar-refractivity contribution in [3.63, 3.8) is 0 Å². The molecule has 1 aliphatic rings. The van der Waals surface area contributed by atoms with Crippen molar-refractivity contribution >= 4 is 17.5 Å². The zero-order chi connectivity index (χ0) is 21.0. The van der Waals surface area contributed by atoms with Crippen LogP contribution in [0.5, 0.6) is 5.75 Å². The summed E-state index contributed by atoms with van der Waals surface area (Å²) in [5.74, 6) is -2.18. The molecule has 1 aliphatic heterocycles. The number of pyridine rings is 1. The number of likely N-dealkylation sites (tertiary alicyclic amines) is 1. The predicted octanol–water partition coefficient (Wildman–Crippen LogP) is 2.39. The molecule has 0 radical (unpaired) electrons. The van der Waals surface area contributed by atoms with Gasteiger partial charge in [-0.3, -0.25) is 19.4 Å². The standard InChI is InChI=1S/C22H24N2O5/c1-14-12-16(29-3)7-8-17(14)20(25)18-19(15-6-4-9-23-13-15)24(10-5-11-28-2)22(27)21(18)26/h4,6-9,12-13,18-19H,5,10-11H2,1-3H3. The lowest BCUT2D eigenvalue weighted by atomic mass is 9.85. The molecule has 2 atom stereocenters. The number of carbonyl (C=O) groups is 3. The Bertz CT molecular complexity index is 913.